The summed E-state index contributed by atoms with van der Waals surface area (Å²) < 4.78 is 5.43. The second-order valence-corrected chi connectivity index (χ2v) is 7.30. The van der Waals surface area contributed by atoms with E-state index >= 15 is 0 Å². The van der Waals surface area contributed by atoms with Crippen LogP contribution in [0.5, 0.6) is 5.75 Å². The third kappa shape index (κ3) is 3.94. The van der Waals surface area contributed by atoms with Crippen LogP contribution in [0, 0.1) is 0 Å². The van der Waals surface area contributed by atoms with Crippen LogP contribution in [0.3, 0.4) is 0 Å². The SMILES string of the molecule is COc1ccccc1N1CCN(C(=O)C[C@H]2NC(=O)c3ccccc3NC2=O)CC1. The van der Waals surface area contributed by atoms with E-state index in [0.29, 0.717) is 37.4 Å². The Balaban J connectivity index is 1.37. The molecule has 0 saturated carbocycles. The molecular weight excluding hydrogens is 384 g/mol. The Bertz CT molecular complexity index is 969. The minimum Gasteiger partial charge on any atom is -0.495 e. The van der Waals surface area contributed by atoms with E-state index in [2.05, 4.69) is 15.5 Å². The van der Waals surface area contributed by atoms with Gasteiger partial charge in [0.15, 0.2) is 0 Å². The van der Waals surface area contributed by atoms with Crippen LogP contribution in [0.15, 0.2) is 48.5 Å². The van der Waals surface area contributed by atoms with Gasteiger partial charge >= 0.3 is 0 Å². The summed E-state index contributed by atoms with van der Waals surface area (Å²) in [5.74, 6) is -0.0900. The standard InChI is InChI=1S/C22H24N4O4/c1-30-19-9-5-4-8-18(19)25-10-12-26(13-11-25)20(27)14-17-22(29)23-16-7-3-2-6-15(16)21(28)24-17/h2-9,17H,10-14H2,1H3,(H,23,29)(H,24,28)/t17-/m1/s1. The first-order valence-electron chi connectivity index (χ1n) is 9.93. The van der Waals surface area contributed by atoms with Crippen LogP contribution in [0.4, 0.5) is 11.4 Å². The molecule has 1 atom stereocenters. The second-order valence-electron chi connectivity index (χ2n) is 7.30. The van der Waals surface area contributed by atoms with Crippen LogP contribution in [0.1, 0.15) is 16.8 Å². The van der Waals surface area contributed by atoms with Gasteiger partial charge in [0.05, 0.1) is 30.5 Å². The van der Waals surface area contributed by atoms with Gasteiger partial charge < -0.3 is 25.2 Å². The number of nitrogens with one attached hydrogen (secondary N) is 2. The molecule has 0 spiro atoms. The van der Waals surface area contributed by atoms with Crippen molar-refractivity contribution in [2.75, 3.05) is 43.5 Å². The maximum Gasteiger partial charge on any atom is 0.254 e. The number of anilines is 2. The van der Waals surface area contributed by atoms with Crippen molar-refractivity contribution < 1.29 is 19.1 Å². The fourth-order valence-electron chi connectivity index (χ4n) is 3.85. The maximum atomic E-state index is 12.8. The number of methoxy groups -OCH3 is 1. The van der Waals surface area contributed by atoms with Crippen LogP contribution in [0.25, 0.3) is 0 Å². The van der Waals surface area contributed by atoms with E-state index in [1.165, 1.54) is 0 Å². The highest BCUT2D eigenvalue weighted by atomic mass is 16.5. The first kappa shape index (κ1) is 19.8. The molecule has 2 aliphatic heterocycles. The van der Waals surface area contributed by atoms with Gasteiger partial charge in [0, 0.05) is 26.2 Å². The molecule has 0 aliphatic carbocycles. The molecule has 2 aromatic rings. The van der Waals surface area contributed by atoms with Gasteiger partial charge in [-0.05, 0) is 24.3 Å². The molecule has 3 amide bonds. The molecule has 0 bridgehead atoms. The lowest BCUT2D eigenvalue weighted by molar-refractivity contribution is -0.134. The van der Waals surface area contributed by atoms with Crippen molar-refractivity contribution in [3.8, 4) is 5.75 Å². The molecule has 1 saturated heterocycles. The lowest BCUT2D eigenvalue weighted by Gasteiger charge is -2.37. The molecule has 156 valence electrons. The fraction of sp³-hybridized carbons (Fsp3) is 0.318. The van der Waals surface area contributed by atoms with Crippen LogP contribution in [-0.4, -0.2) is 62.0 Å². The molecule has 0 radical (unpaired) electrons. The number of hydrogen-bond acceptors (Lipinski definition) is 5. The van der Waals surface area contributed by atoms with Crippen molar-refractivity contribution in [2.45, 2.75) is 12.5 Å². The van der Waals surface area contributed by atoms with Crippen molar-refractivity contribution in [3.63, 3.8) is 0 Å². The predicted octanol–water partition coefficient (Wildman–Crippen LogP) is 1.48. The number of carbonyl (C=O) groups excluding carboxylic acids is 3. The van der Waals surface area contributed by atoms with Gasteiger partial charge in [-0.3, -0.25) is 14.4 Å². The number of ether oxygens (including phenoxy) is 1. The summed E-state index contributed by atoms with van der Waals surface area (Å²) in [6, 6.07) is 13.7. The van der Waals surface area contributed by atoms with E-state index in [-0.39, 0.29) is 24.1 Å². The summed E-state index contributed by atoms with van der Waals surface area (Å²) >= 11 is 0. The second kappa shape index (κ2) is 8.44. The molecule has 8 heteroatoms. The molecule has 0 aromatic heterocycles. The first-order chi connectivity index (χ1) is 14.6. The highest BCUT2D eigenvalue weighted by molar-refractivity contribution is 6.10. The van der Waals surface area contributed by atoms with Gasteiger partial charge in [-0.25, -0.2) is 0 Å². The van der Waals surface area contributed by atoms with Gasteiger partial charge in [-0.15, -0.1) is 0 Å². The molecule has 0 unspecified atom stereocenters. The predicted molar refractivity (Wildman–Crippen MR) is 113 cm³/mol. The lowest BCUT2D eigenvalue weighted by atomic mass is 10.1. The average Bonchev–Trinajstić information content (AvgIpc) is 2.90. The Morgan fingerprint density at radius 2 is 1.73 bits per heavy atom. The molecule has 1 fully saturated rings. The lowest BCUT2D eigenvalue weighted by Crippen LogP contribution is -2.51. The monoisotopic (exact) mass is 408 g/mol. The molecule has 30 heavy (non-hydrogen) atoms. The van der Waals surface area contributed by atoms with Crippen LogP contribution in [-0.2, 0) is 9.59 Å². The molecule has 4 rings (SSSR count). The number of piperazine rings is 1. The number of hydrogen-bond donors (Lipinski definition) is 2. The summed E-state index contributed by atoms with van der Waals surface area (Å²) in [5, 5.41) is 5.42. The van der Waals surface area contributed by atoms with E-state index in [1.807, 2.05) is 24.3 Å². The Labute approximate surface area is 174 Å². The van der Waals surface area contributed by atoms with Gasteiger partial charge in [-0.1, -0.05) is 24.3 Å². The highest BCUT2D eigenvalue weighted by Gasteiger charge is 2.32. The summed E-state index contributed by atoms with van der Waals surface area (Å²) in [6.07, 6.45) is -0.0692. The third-order valence-corrected chi connectivity index (χ3v) is 5.49. The third-order valence-electron chi connectivity index (χ3n) is 5.49. The molecule has 2 aliphatic rings. The number of carbonyl (C=O) groups is 3. The summed E-state index contributed by atoms with van der Waals surface area (Å²) in [4.78, 5) is 41.7. The molecule has 2 aromatic carbocycles. The quantitative estimate of drug-likeness (QED) is 0.800. The van der Waals surface area contributed by atoms with E-state index in [1.54, 1.807) is 36.3 Å². The number of nitrogens with zero attached hydrogens (tertiary/aromatic N) is 2. The zero-order chi connectivity index (χ0) is 21.1. The van der Waals surface area contributed by atoms with Crippen LogP contribution in [0.2, 0.25) is 0 Å². The molecule has 8 nitrogen and oxygen atoms in total. The Morgan fingerprint density at radius 1 is 1.03 bits per heavy atom. The molecule has 2 heterocycles. The number of rotatable bonds is 4. The average molecular weight is 408 g/mol. The minimum absolute atomic E-state index is 0.0692. The number of para-hydroxylation sites is 3. The van der Waals surface area contributed by atoms with Crippen LogP contribution < -0.4 is 20.3 Å². The largest absolute Gasteiger partial charge is 0.495 e. The van der Waals surface area contributed by atoms with E-state index < -0.39 is 6.04 Å². The summed E-state index contributed by atoms with van der Waals surface area (Å²) in [5.41, 5.74) is 1.85. The zero-order valence-electron chi connectivity index (χ0n) is 16.8. The van der Waals surface area contributed by atoms with E-state index in [9.17, 15) is 14.4 Å². The van der Waals surface area contributed by atoms with Crippen molar-refractivity contribution >= 4 is 29.1 Å². The van der Waals surface area contributed by atoms with E-state index in [4.69, 9.17) is 4.74 Å². The van der Waals surface area contributed by atoms with Crippen molar-refractivity contribution in [1.82, 2.24) is 10.2 Å². The minimum atomic E-state index is -0.898. The van der Waals surface area contributed by atoms with Gasteiger partial charge in [0.2, 0.25) is 11.8 Å². The highest BCUT2D eigenvalue weighted by Crippen LogP contribution is 2.28. The molecular formula is C22H24N4O4. The normalized spacial score (nSPS) is 18.8. The van der Waals surface area contributed by atoms with Crippen molar-refractivity contribution in [2.24, 2.45) is 0 Å². The van der Waals surface area contributed by atoms with Crippen molar-refractivity contribution in [1.29, 1.82) is 0 Å². The maximum absolute atomic E-state index is 12.8. The summed E-state index contributed by atoms with van der Waals surface area (Å²) in [7, 11) is 1.64. The van der Waals surface area contributed by atoms with Crippen LogP contribution >= 0.6 is 0 Å². The van der Waals surface area contributed by atoms with Gasteiger partial charge in [0.1, 0.15) is 11.8 Å². The Hall–Kier alpha value is -3.55. The number of amides is 3. The van der Waals surface area contributed by atoms with E-state index in [0.717, 1.165) is 11.4 Å². The van der Waals surface area contributed by atoms with Crippen molar-refractivity contribution in [3.05, 3.63) is 54.1 Å². The van der Waals surface area contributed by atoms with Gasteiger partial charge in [0.25, 0.3) is 5.91 Å². The molecule has 2 N–H and O–H groups in total. The Kier molecular flexibility index (Phi) is 5.56. The van der Waals surface area contributed by atoms with Gasteiger partial charge in [-0.2, -0.15) is 0 Å². The summed E-state index contributed by atoms with van der Waals surface area (Å²) in [6.45, 7) is 2.42. The number of benzene rings is 2. The number of fused-ring (bicyclic) bond motifs is 1. The topological polar surface area (TPSA) is 91.0 Å². The fourth-order valence-corrected chi connectivity index (χ4v) is 3.85. The first-order valence-corrected chi connectivity index (χ1v) is 9.93. The zero-order valence-corrected chi connectivity index (χ0v) is 16.8. The smallest absolute Gasteiger partial charge is 0.254 e. The Morgan fingerprint density at radius 3 is 2.50 bits per heavy atom.